The van der Waals surface area contributed by atoms with E-state index in [1.807, 2.05) is 6.92 Å². The van der Waals surface area contributed by atoms with Crippen molar-refractivity contribution in [2.75, 3.05) is 0 Å². The van der Waals surface area contributed by atoms with Crippen molar-refractivity contribution in [2.24, 2.45) is 5.73 Å². The van der Waals surface area contributed by atoms with E-state index in [2.05, 4.69) is 4.98 Å². The smallest absolute Gasteiger partial charge is 0.286 e. The minimum absolute atomic E-state index is 0.274. The lowest BCUT2D eigenvalue weighted by atomic mass is 10.2. The minimum Gasteiger partial charge on any atom is -0.435 e. The summed E-state index contributed by atoms with van der Waals surface area (Å²) in [5.74, 6) is 0.827. The third kappa shape index (κ3) is 1.64. The Balaban J connectivity index is 2.30. The van der Waals surface area contributed by atoms with Crippen LogP contribution in [0.15, 0.2) is 4.42 Å². The summed E-state index contributed by atoms with van der Waals surface area (Å²) in [7, 11) is 0. The summed E-state index contributed by atoms with van der Waals surface area (Å²) in [5.41, 5.74) is 6.00. The van der Waals surface area contributed by atoms with Gasteiger partial charge in [0.2, 0.25) is 5.76 Å². The molecular weight excluding hydrogens is 180 g/mol. The quantitative estimate of drug-likeness (QED) is 0.791. The molecule has 0 spiro atoms. The van der Waals surface area contributed by atoms with Crippen LogP contribution in [0.25, 0.3) is 0 Å². The van der Waals surface area contributed by atoms with Crippen LogP contribution < -0.4 is 5.73 Å². The number of hydrogen-bond acceptors (Lipinski definition) is 3. The summed E-state index contributed by atoms with van der Waals surface area (Å²) >= 11 is 0. The maximum absolute atomic E-state index is 11.1. The molecule has 76 valence electrons. The molecule has 1 saturated carbocycles. The first-order chi connectivity index (χ1) is 6.72. The predicted molar refractivity (Wildman–Crippen MR) is 51.0 cm³/mol. The summed E-state index contributed by atoms with van der Waals surface area (Å²) < 4.78 is 5.33. The molecule has 0 atom stereocenters. The average Bonchev–Trinajstić information content (AvgIpc) is 2.88. The molecule has 1 aromatic heterocycles. The number of primary amides is 1. The molecule has 2 rings (SSSR count). The van der Waals surface area contributed by atoms with Crippen LogP contribution in [0.5, 0.6) is 0 Å². The van der Waals surface area contributed by atoms with Crippen molar-refractivity contribution < 1.29 is 9.21 Å². The van der Waals surface area contributed by atoms with E-state index in [0.717, 1.165) is 31.4 Å². The van der Waals surface area contributed by atoms with Crippen molar-refractivity contribution in [1.29, 1.82) is 0 Å². The van der Waals surface area contributed by atoms with Crippen molar-refractivity contribution in [3.05, 3.63) is 17.3 Å². The van der Waals surface area contributed by atoms with Crippen molar-refractivity contribution >= 4 is 5.91 Å². The normalized spacial score (nSPS) is 15.8. The zero-order chi connectivity index (χ0) is 10.1. The largest absolute Gasteiger partial charge is 0.435 e. The van der Waals surface area contributed by atoms with Gasteiger partial charge in [0, 0.05) is 12.3 Å². The molecule has 1 fully saturated rings. The van der Waals surface area contributed by atoms with E-state index in [1.54, 1.807) is 0 Å². The molecule has 14 heavy (non-hydrogen) atoms. The van der Waals surface area contributed by atoms with E-state index in [0.29, 0.717) is 11.8 Å². The fraction of sp³-hybridized carbons (Fsp3) is 0.600. The number of nitrogens with zero attached hydrogens (tertiary/aromatic N) is 1. The molecule has 1 aliphatic carbocycles. The highest BCUT2D eigenvalue weighted by Gasteiger charge is 2.32. The Bertz CT molecular complexity index is 353. The molecule has 4 nitrogen and oxygen atoms in total. The number of aromatic nitrogens is 1. The molecule has 0 radical (unpaired) electrons. The van der Waals surface area contributed by atoms with Crippen LogP contribution in [0.3, 0.4) is 0 Å². The molecule has 0 saturated heterocycles. The maximum Gasteiger partial charge on any atom is 0.286 e. The van der Waals surface area contributed by atoms with Gasteiger partial charge in [-0.25, -0.2) is 4.98 Å². The molecule has 2 N–H and O–H groups in total. The number of oxazole rings is 1. The summed E-state index contributed by atoms with van der Waals surface area (Å²) in [6, 6.07) is 0. The van der Waals surface area contributed by atoms with Gasteiger partial charge in [-0.15, -0.1) is 0 Å². The lowest BCUT2D eigenvalue weighted by Gasteiger charge is -1.90. The van der Waals surface area contributed by atoms with E-state index in [4.69, 9.17) is 10.2 Å². The van der Waals surface area contributed by atoms with Crippen LogP contribution >= 0.6 is 0 Å². The van der Waals surface area contributed by atoms with Crippen LogP contribution in [0.1, 0.15) is 54.2 Å². The van der Waals surface area contributed by atoms with Crippen molar-refractivity contribution in [3.63, 3.8) is 0 Å². The highest BCUT2D eigenvalue weighted by atomic mass is 16.4. The highest BCUT2D eigenvalue weighted by molar-refractivity contribution is 5.91. The lowest BCUT2D eigenvalue weighted by Crippen LogP contribution is -2.11. The van der Waals surface area contributed by atoms with Crippen LogP contribution in [-0.4, -0.2) is 10.9 Å². The van der Waals surface area contributed by atoms with Gasteiger partial charge in [-0.2, -0.15) is 0 Å². The highest BCUT2D eigenvalue weighted by Crippen LogP contribution is 2.41. The first-order valence-electron chi connectivity index (χ1n) is 5.01. The maximum atomic E-state index is 11.1. The fourth-order valence-corrected chi connectivity index (χ4v) is 1.51. The van der Waals surface area contributed by atoms with E-state index < -0.39 is 5.91 Å². The number of carbonyl (C=O) groups is 1. The van der Waals surface area contributed by atoms with Gasteiger partial charge in [0.15, 0.2) is 5.89 Å². The Morgan fingerprint density at radius 3 is 2.86 bits per heavy atom. The van der Waals surface area contributed by atoms with E-state index in [1.165, 1.54) is 0 Å². The van der Waals surface area contributed by atoms with Crippen LogP contribution in [0.4, 0.5) is 0 Å². The molecule has 0 aliphatic heterocycles. The standard InChI is InChI=1S/C10H14N2O2/c1-2-3-7-12-8(6-4-5-6)9(14-7)10(11)13/h6H,2-5H2,1H3,(H2,11,13). The summed E-state index contributed by atoms with van der Waals surface area (Å²) in [6.07, 6.45) is 3.92. The number of carbonyl (C=O) groups excluding carboxylic acids is 1. The molecule has 1 amide bonds. The molecule has 0 bridgehead atoms. The summed E-state index contributed by atoms with van der Waals surface area (Å²) in [4.78, 5) is 15.4. The van der Waals surface area contributed by atoms with Gasteiger partial charge < -0.3 is 10.2 Å². The Morgan fingerprint density at radius 2 is 2.36 bits per heavy atom. The second kappa shape index (κ2) is 3.44. The van der Waals surface area contributed by atoms with Crippen LogP contribution in [-0.2, 0) is 6.42 Å². The van der Waals surface area contributed by atoms with Crippen molar-refractivity contribution in [3.8, 4) is 0 Å². The third-order valence-corrected chi connectivity index (χ3v) is 2.35. The van der Waals surface area contributed by atoms with Gasteiger partial charge in [-0.05, 0) is 19.3 Å². The summed E-state index contributed by atoms with van der Waals surface area (Å²) in [5, 5.41) is 0. The number of rotatable bonds is 4. The summed E-state index contributed by atoms with van der Waals surface area (Å²) in [6.45, 7) is 2.05. The molecule has 4 heteroatoms. The molecular formula is C10H14N2O2. The number of nitrogens with two attached hydrogens (primary N) is 1. The lowest BCUT2D eigenvalue weighted by molar-refractivity contribution is 0.0971. The Labute approximate surface area is 82.5 Å². The molecule has 0 unspecified atom stereocenters. The zero-order valence-electron chi connectivity index (χ0n) is 8.25. The topological polar surface area (TPSA) is 69.1 Å². The fourth-order valence-electron chi connectivity index (χ4n) is 1.51. The van der Waals surface area contributed by atoms with Crippen molar-refractivity contribution in [2.45, 2.75) is 38.5 Å². The van der Waals surface area contributed by atoms with Crippen LogP contribution in [0, 0.1) is 0 Å². The minimum atomic E-state index is -0.498. The van der Waals surface area contributed by atoms with Gasteiger partial charge in [0.05, 0.1) is 5.69 Å². The second-order valence-electron chi connectivity index (χ2n) is 3.71. The number of hydrogen-bond donors (Lipinski definition) is 1. The van der Waals surface area contributed by atoms with Gasteiger partial charge in [0.25, 0.3) is 5.91 Å². The van der Waals surface area contributed by atoms with E-state index >= 15 is 0 Å². The average molecular weight is 194 g/mol. The van der Waals surface area contributed by atoms with Gasteiger partial charge >= 0.3 is 0 Å². The predicted octanol–water partition coefficient (Wildman–Crippen LogP) is 1.60. The molecule has 0 aromatic carbocycles. The zero-order valence-corrected chi connectivity index (χ0v) is 8.25. The van der Waals surface area contributed by atoms with Gasteiger partial charge in [-0.1, -0.05) is 6.92 Å². The number of aryl methyl sites for hydroxylation is 1. The van der Waals surface area contributed by atoms with Gasteiger partial charge in [0.1, 0.15) is 0 Å². The Morgan fingerprint density at radius 1 is 1.64 bits per heavy atom. The third-order valence-electron chi connectivity index (χ3n) is 2.35. The van der Waals surface area contributed by atoms with E-state index in [9.17, 15) is 4.79 Å². The molecule has 1 heterocycles. The van der Waals surface area contributed by atoms with Crippen LogP contribution in [0.2, 0.25) is 0 Å². The second-order valence-corrected chi connectivity index (χ2v) is 3.71. The molecule has 1 aromatic rings. The van der Waals surface area contributed by atoms with Crippen molar-refractivity contribution in [1.82, 2.24) is 4.98 Å². The monoisotopic (exact) mass is 194 g/mol. The number of amides is 1. The first-order valence-corrected chi connectivity index (χ1v) is 5.01. The van der Waals surface area contributed by atoms with E-state index in [-0.39, 0.29) is 5.76 Å². The first kappa shape index (κ1) is 9.24. The Kier molecular flexibility index (Phi) is 2.27. The van der Waals surface area contributed by atoms with Gasteiger partial charge in [-0.3, -0.25) is 4.79 Å². The SMILES string of the molecule is CCCc1nc(C2CC2)c(C(N)=O)o1. The molecule has 1 aliphatic rings. The Hall–Kier alpha value is -1.32.